The largest absolute Gasteiger partial charge is 0.353 e. The molecule has 1 amide bonds. The lowest BCUT2D eigenvalue weighted by atomic mass is 10.1. The fraction of sp³-hybridized carbons (Fsp3) is 0.471. The van der Waals surface area contributed by atoms with E-state index in [0.717, 1.165) is 24.0 Å². The van der Waals surface area contributed by atoms with E-state index >= 15 is 0 Å². The maximum Gasteiger partial charge on any atom is 0.239 e. The van der Waals surface area contributed by atoms with Crippen LogP contribution in [0.25, 0.3) is 11.4 Å². The van der Waals surface area contributed by atoms with Gasteiger partial charge < -0.3 is 9.84 Å². The highest BCUT2D eigenvalue weighted by Crippen LogP contribution is 2.17. The summed E-state index contributed by atoms with van der Waals surface area (Å²) in [5.41, 5.74) is 1.95. The van der Waals surface area contributed by atoms with Crippen molar-refractivity contribution in [2.45, 2.75) is 45.4 Å². The van der Waals surface area contributed by atoms with Crippen molar-refractivity contribution < 1.29 is 13.5 Å². The third-order valence-corrected chi connectivity index (χ3v) is 4.82. The quantitative estimate of drug-likeness (QED) is 0.792. The molecule has 2 aromatic rings. The Labute approximate surface area is 144 Å². The predicted octanol–water partition coefficient (Wildman–Crippen LogP) is 2.60. The van der Waals surface area contributed by atoms with Crippen molar-refractivity contribution in [3.8, 4) is 11.4 Å². The fourth-order valence-corrected chi connectivity index (χ4v) is 3.18. The number of hydrogen-bond donors (Lipinski definition) is 1. The van der Waals surface area contributed by atoms with Gasteiger partial charge >= 0.3 is 0 Å². The SMILES string of the molecule is CCC(CC)NC(=O)C[S@](=O)Cc1nc(-c2cccc(C)c2)no1. The van der Waals surface area contributed by atoms with E-state index in [1.54, 1.807) is 0 Å². The highest BCUT2D eigenvalue weighted by molar-refractivity contribution is 7.84. The smallest absolute Gasteiger partial charge is 0.239 e. The number of nitrogens with one attached hydrogen (secondary N) is 1. The van der Waals surface area contributed by atoms with Crippen LogP contribution in [0.5, 0.6) is 0 Å². The second-order valence-electron chi connectivity index (χ2n) is 5.69. The Hall–Kier alpha value is -2.02. The zero-order chi connectivity index (χ0) is 17.5. The van der Waals surface area contributed by atoms with Crippen LogP contribution in [-0.4, -0.2) is 32.1 Å². The van der Waals surface area contributed by atoms with Crippen LogP contribution in [0.3, 0.4) is 0 Å². The highest BCUT2D eigenvalue weighted by atomic mass is 32.2. The van der Waals surface area contributed by atoms with E-state index in [4.69, 9.17) is 4.52 Å². The molecule has 0 saturated heterocycles. The molecule has 1 aromatic carbocycles. The third-order valence-electron chi connectivity index (χ3n) is 3.67. The lowest BCUT2D eigenvalue weighted by Crippen LogP contribution is -2.36. The molecular weight excluding hydrogens is 326 g/mol. The number of hydrogen-bond acceptors (Lipinski definition) is 5. The van der Waals surface area contributed by atoms with Crippen LogP contribution in [0.4, 0.5) is 0 Å². The van der Waals surface area contributed by atoms with E-state index in [2.05, 4.69) is 15.5 Å². The van der Waals surface area contributed by atoms with Crippen LogP contribution in [0.2, 0.25) is 0 Å². The first kappa shape index (κ1) is 18.3. The molecule has 6 nitrogen and oxygen atoms in total. The lowest BCUT2D eigenvalue weighted by Gasteiger charge is -2.14. The second kappa shape index (κ2) is 8.73. The predicted molar refractivity (Wildman–Crippen MR) is 93.7 cm³/mol. The molecule has 0 bridgehead atoms. The van der Waals surface area contributed by atoms with Gasteiger partial charge in [-0.05, 0) is 25.8 Å². The Balaban J connectivity index is 1.92. The Morgan fingerprint density at radius 1 is 1.33 bits per heavy atom. The van der Waals surface area contributed by atoms with Crippen LogP contribution in [0.15, 0.2) is 28.8 Å². The summed E-state index contributed by atoms with van der Waals surface area (Å²) in [5, 5.41) is 6.79. The monoisotopic (exact) mass is 349 g/mol. The van der Waals surface area contributed by atoms with Crippen molar-refractivity contribution >= 4 is 16.7 Å². The minimum absolute atomic E-state index is 0.0569. The summed E-state index contributed by atoms with van der Waals surface area (Å²) >= 11 is 0. The van der Waals surface area contributed by atoms with Gasteiger partial charge in [0.15, 0.2) is 0 Å². The number of benzene rings is 1. The first-order valence-electron chi connectivity index (χ1n) is 8.05. The number of carbonyl (C=O) groups excluding carboxylic acids is 1. The summed E-state index contributed by atoms with van der Waals surface area (Å²) in [6.45, 7) is 6.01. The molecule has 0 aliphatic heterocycles. The van der Waals surface area contributed by atoms with Crippen LogP contribution < -0.4 is 5.32 Å². The summed E-state index contributed by atoms with van der Waals surface area (Å²) in [4.78, 5) is 16.1. The number of carbonyl (C=O) groups is 1. The molecule has 1 N–H and O–H groups in total. The molecule has 7 heteroatoms. The van der Waals surface area contributed by atoms with Crippen LogP contribution in [0, 0.1) is 6.92 Å². The van der Waals surface area contributed by atoms with Gasteiger partial charge in [-0.2, -0.15) is 4.98 Å². The molecule has 0 unspecified atom stereocenters. The summed E-state index contributed by atoms with van der Waals surface area (Å²) in [6, 6.07) is 7.88. The lowest BCUT2D eigenvalue weighted by molar-refractivity contribution is -0.119. The van der Waals surface area contributed by atoms with Crippen molar-refractivity contribution in [3.05, 3.63) is 35.7 Å². The summed E-state index contributed by atoms with van der Waals surface area (Å²) < 4.78 is 17.3. The summed E-state index contributed by atoms with van der Waals surface area (Å²) in [5.74, 6) is 0.557. The third kappa shape index (κ3) is 5.26. The number of aromatic nitrogens is 2. The van der Waals surface area contributed by atoms with Crippen molar-refractivity contribution in [2.75, 3.05) is 5.75 Å². The van der Waals surface area contributed by atoms with Crippen LogP contribution in [-0.2, 0) is 21.3 Å². The molecular formula is C17H23N3O3S. The molecule has 0 aliphatic rings. The van der Waals surface area contributed by atoms with E-state index in [0.29, 0.717) is 5.82 Å². The van der Waals surface area contributed by atoms with Crippen LogP contribution in [0.1, 0.15) is 38.1 Å². The standard InChI is InChI=1S/C17H23N3O3S/c1-4-14(5-2)18-15(21)10-24(22)11-16-19-17(20-23-16)13-8-6-7-12(3)9-13/h6-9,14H,4-5,10-11H2,1-3H3,(H,18,21)/t24-/m0/s1. The van der Waals surface area contributed by atoms with Crippen molar-refractivity contribution in [1.82, 2.24) is 15.5 Å². The first-order valence-corrected chi connectivity index (χ1v) is 9.54. The topological polar surface area (TPSA) is 85.1 Å². The number of aryl methyl sites for hydroxylation is 1. The Morgan fingerprint density at radius 2 is 2.08 bits per heavy atom. The Bertz CT molecular complexity index is 711. The summed E-state index contributed by atoms with van der Waals surface area (Å²) in [6.07, 6.45) is 1.72. The van der Waals surface area contributed by atoms with E-state index in [1.807, 2.05) is 45.0 Å². The van der Waals surface area contributed by atoms with Gasteiger partial charge in [-0.25, -0.2) is 0 Å². The van der Waals surface area contributed by atoms with Crippen molar-refractivity contribution in [3.63, 3.8) is 0 Å². The zero-order valence-corrected chi connectivity index (χ0v) is 15.1. The molecule has 0 saturated carbocycles. The number of rotatable bonds is 8. The van der Waals surface area contributed by atoms with Crippen molar-refractivity contribution in [1.29, 1.82) is 0 Å². The molecule has 0 radical (unpaired) electrons. The maximum atomic E-state index is 12.1. The number of nitrogens with zero attached hydrogens (tertiary/aromatic N) is 2. The van der Waals surface area contributed by atoms with Gasteiger partial charge in [0.05, 0.1) is 0 Å². The minimum Gasteiger partial charge on any atom is -0.353 e. The second-order valence-corrected chi connectivity index (χ2v) is 7.15. The fourth-order valence-electron chi connectivity index (χ4n) is 2.31. The van der Waals surface area contributed by atoms with Gasteiger partial charge in [0, 0.05) is 22.4 Å². The first-order chi connectivity index (χ1) is 11.5. The van der Waals surface area contributed by atoms with Gasteiger partial charge in [-0.3, -0.25) is 9.00 Å². The minimum atomic E-state index is -1.38. The van der Waals surface area contributed by atoms with Crippen LogP contribution >= 0.6 is 0 Å². The van der Waals surface area contributed by atoms with E-state index in [9.17, 15) is 9.00 Å². The normalized spacial score (nSPS) is 12.3. The van der Waals surface area contributed by atoms with E-state index < -0.39 is 10.8 Å². The Morgan fingerprint density at radius 3 is 2.75 bits per heavy atom. The molecule has 2 rings (SSSR count). The van der Waals surface area contributed by atoms with Gasteiger partial charge in [-0.1, -0.05) is 42.8 Å². The molecule has 0 aliphatic carbocycles. The molecule has 1 heterocycles. The van der Waals surface area contributed by atoms with Gasteiger partial charge in [0.1, 0.15) is 11.5 Å². The molecule has 24 heavy (non-hydrogen) atoms. The van der Waals surface area contributed by atoms with E-state index in [1.165, 1.54) is 0 Å². The molecule has 0 spiro atoms. The zero-order valence-electron chi connectivity index (χ0n) is 14.2. The van der Waals surface area contributed by atoms with Gasteiger partial charge in [-0.15, -0.1) is 0 Å². The van der Waals surface area contributed by atoms with Gasteiger partial charge in [0.2, 0.25) is 17.6 Å². The Kier molecular flexibility index (Phi) is 6.66. The molecule has 0 fully saturated rings. The number of amides is 1. The summed E-state index contributed by atoms with van der Waals surface area (Å²) in [7, 11) is -1.38. The maximum absolute atomic E-state index is 12.1. The van der Waals surface area contributed by atoms with Gasteiger partial charge in [0.25, 0.3) is 0 Å². The highest BCUT2D eigenvalue weighted by Gasteiger charge is 2.16. The van der Waals surface area contributed by atoms with Crippen molar-refractivity contribution in [2.24, 2.45) is 0 Å². The molecule has 1 aromatic heterocycles. The van der Waals surface area contributed by atoms with E-state index in [-0.39, 0.29) is 29.3 Å². The average molecular weight is 349 g/mol. The average Bonchev–Trinajstić information content (AvgIpc) is 3.00. The molecule has 1 atom stereocenters. The molecule has 130 valence electrons.